The molecule has 11 heteroatoms. The summed E-state index contributed by atoms with van der Waals surface area (Å²) < 4.78 is 38.6. The van der Waals surface area contributed by atoms with Crippen molar-refractivity contribution >= 4 is 52.6 Å². The lowest BCUT2D eigenvalue weighted by molar-refractivity contribution is -0.137. The lowest BCUT2D eigenvalue weighted by Crippen LogP contribution is -2.20. The van der Waals surface area contributed by atoms with E-state index in [9.17, 15) is 18.0 Å². The average molecular weight is 412 g/mol. The summed E-state index contributed by atoms with van der Waals surface area (Å²) in [5.41, 5.74) is 5.92. The maximum absolute atomic E-state index is 12.9. The molecule has 0 spiro atoms. The van der Waals surface area contributed by atoms with E-state index in [0.29, 0.717) is 0 Å². The molecule has 1 heterocycles. The summed E-state index contributed by atoms with van der Waals surface area (Å²) in [7, 11) is 0. The molecule has 0 atom stereocenters. The molecular formula is C14H8Cl3F3N4O. The largest absolute Gasteiger partial charge is 0.417 e. The van der Waals surface area contributed by atoms with Gasteiger partial charge >= 0.3 is 6.18 Å². The minimum atomic E-state index is -4.56. The number of hydrogen-bond acceptors (Lipinski definition) is 4. The quantitative estimate of drug-likeness (QED) is 0.446. The second-order valence-electron chi connectivity index (χ2n) is 4.58. The van der Waals surface area contributed by atoms with Crippen LogP contribution in [0.25, 0.3) is 0 Å². The highest BCUT2D eigenvalue weighted by molar-refractivity contribution is 6.46. The predicted molar refractivity (Wildman–Crippen MR) is 90.2 cm³/mol. The Morgan fingerprint density at radius 1 is 1.20 bits per heavy atom. The van der Waals surface area contributed by atoms with Crippen LogP contribution in [-0.2, 0) is 6.18 Å². The van der Waals surface area contributed by atoms with E-state index in [2.05, 4.69) is 10.1 Å². The number of carbonyl (C=O) groups excluding carboxylic acids is 1. The first-order valence-electron chi connectivity index (χ1n) is 6.42. The number of nitrogen functional groups attached to an aromatic ring is 1. The third kappa shape index (κ3) is 4.33. The summed E-state index contributed by atoms with van der Waals surface area (Å²) in [5, 5.41) is 2.85. The van der Waals surface area contributed by atoms with Crippen molar-refractivity contribution in [1.29, 1.82) is 0 Å². The fraction of sp³-hybridized carbons (Fsp3) is 0.0714. The summed E-state index contributed by atoms with van der Waals surface area (Å²) >= 11 is 17.3. The van der Waals surface area contributed by atoms with Gasteiger partial charge in [0.05, 0.1) is 22.5 Å². The molecule has 1 amide bonds. The van der Waals surface area contributed by atoms with Crippen molar-refractivity contribution in [3.8, 4) is 0 Å². The molecule has 0 aliphatic heterocycles. The summed E-state index contributed by atoms with van der Waals surface area (Å²) in [6.07, 6.45) is -3.72. The van der Waals surface area contributed by atoms with Gasteiger partial charge in [-0.1, -0.05) is 53.0 Å². The highest BCUT2D eigenvalue weighted by Crippen LogP contribution is 2.34. The molecule has 0 unspecified atom stereocenters. The highest BCUT2D eigenvalue weighted by Gasteiger charge is 2.32. The van der Waals surface area contributed by atoms with Crippen molar-refractivity contribution < 1.29 is 18.0 Å². The fourth-order valence-electron chi connectivity index (χ4n) is 1.76. The van der Waals surface area contributed by atoms with Crippen LogP contribution in [0.2, 0.25) is 15.2 Å². The third-order valence-corrected chi connectivity index (χ3v) is 4.06. The van der Waals surface area contributed by atoms with E-state index in [1.165, 1.54) is 18.2 Å². The molecule has 25 heavy (non-hydrogen) atoms. The van der Waals surface area contributed by atoms with Crippen LogP contribution < -0.4 is 11.2 Å². The van der Waals surface area contributed by atoms with Gasteiger partial charge in [0.2, 0.25) is 0 Å². The van der Waals surface area contributed by atoms with E-state index in [1.54, 1.807) is 0 Å². The van der Waals surface area contributed by atoms with Crippen molar-refractivity contribution in [1.82, 2.24) is 10.4 Å². The molecule has 132 valence electrons. The van der Waals surface area contributed by atoms with Gasteiger partial charge in [0.15, 0.2) is 10.8 Å². The van der Waals surface area contributed by atoms with Gasteiger partial charge in [-0.05, 0) is 6.07 Å². The number of alkyl halides is 3. The predicted octanol–water partition coefficient (Wildman–Crippen LogP) is 4.41. The molecule has 0 saturated carbocycles. The van der Waals surface area contributed by atoms with Gasteiger partial charge in [-0.25, -0.2) is 10.4 Å². The Kier molecular flexibility index (Phi) is 5.76. The van der Waals surface area contributed by atoms with E-state index in [0.717, 1.165) is 12.3 Å². The van der Waals surface area contributed by atoms with Gasteiger partial charge < -0.3 is 5.73 Å². The number of hydrogen-bond donors (Lipinski definition) is 2. The number of rotatable bonds is 3. The zero-order valence-corrected chi connectivity index (χ0v) is 14.3. The van der Waals surface area contributed by atoms with E-state index >= 15 is 0 Å². The van der Waals surface area contributed by atoms with Crippen molar-refractivity contribution in [3.05, 3.63) is 56.3 Å². The molecule has 1 aromatic heterocycles. The second kappa shape index (κ2) is 7.47. The van der Waals surface area contributed by atoms with E-state index in [1.807, 2.05) is 5.43 Å². The number of halogens is 6. The fourth-order valence-corrected chi connectivity index (χ4v) is 2.36. The first-order chi connectivity index (χ1) is 11.6. The molecule has 0 fully saturated rings. The van der Waals surface area contributed by atoms with Crippen molar-refractivity contribution in [2.24, 2.45) is 5.10 Å². The number of nitrogens with one attached hydrogen (secondary N) is 1. The summed E-state index contributed by atoms with van der Waals surface area (Å²) in [6.45, 7) is 0. The van der Waals surface area contributed by atoms with Gasteiger partial charge in [-0.3, -0.25) is 4.79 Å². The van der Waals surface area contributed by atoms with Gasteiger partial charge in [0.1, 0.15) is 5.02 Å². The number of benzene rings is 1. The van der Waals surface area contributed by atoms with Crippen LogP contribution in [0.4, 0.5) is 18.9 Å². The molecule has 3 N–H and O–H groups in total. The first-order valence-corrected chi connectivity index (χ1v) is 7.56. The van der Waals surface area contributed by atoms with Crippen LogP contribution in [0.1, 0.15) is 21.6 Å². The van der Waals surface area contributed by atoms with E-state index in [-0.39, 0.29) is 32.1 Å². The smallest absolute Gasteiger partial charge is 0.396 e. The number of nitrogens with zero attached hydrogens (tertiary/aromatic N) is 2. The molecule has 0 aliphatic rings. The molecule has 2 aromatic rings. The first kappa shape index (κ1) is 19.3. The number of pyridine rings is 1. The molecule has 0 radical (unpaired) electrons. The molecule has 5 nitrogen and oxygen atoms in total. The topological polar surface area (TPSA) is 80.4 Å². The van der Waals surface area contributed by atoms with Crippen LogP contribution in [0.15, 0.2) is 29.4 Å². The van der Waals surface area contributed by atoms with E-state index < -0.39 is 17.6 Å². The van der Waals surface area contributed by atoms with Crippen LogP contribution >= 0.6 is 34.8 Å². The molecule has 0 bridgehead atoms. The Hall–Kier alpha value is -2.03. The second-order valence-corrected chi connectivity index (χ2v) is 5.69. The standard InChI is InChI=1S/C14H8Cl3F3N4O/c15-8-10(21)9(16)12(17)23-11(8)13(25)24-22-5-6-3-1-2-4-7(6)14(18,19)20/h1-5H,(H2,21,23)(H,24,25). The Morgan fingerprint density at radius 3 is 2.48 bits per heavy atom. The number of hydrazone groups is 1. The van der Waals surface area contributed by atoms with Crippen LogP contribution in [-0.4, -0.2) is 17.1 Å². The minimum absolute atomic E-state index is 0.120. The molecule has 2 rings (SSSR count). The summed E-state index contributed by atoms with van der Waals surface area (Å²) in [5.74, 6) is -0.920. The minimum Gasteiger partial charge on any atom is -0.396 e. The van der Waals surface area contributed by atoms with Gasteiger partial charge in [0, 0.05) is 5.56 Å². The number of amides is 1. The van der Waals surface area contributed by atoms with E-state index in [4.69, 9.17) is 40.5 Å². The third-order valence-electron chi connectivity index (χ3n) is 2.92. The number of aromatic nitrogens is 1. The number of anilines is 1. The SMILES string of the molecule is Nc1c(Cl)c(Cl)nc(C(=O)NN=Cc2ccccc2C(F)(F)F)c1Cl. The Morgan fingerprint density at radius 2 is 1.84 bits per heavy atom. The van der Waals surface area contributed by atoms with Gasteiger partial charge in [0.25, 0.3) is 5.91 Å². The van der Waals surface area contributed by atoms with Gasteiger partial charge in [-0.15, -0.1) is 0 Å². The Balaban J connectivity index is 2.23. The molecular weight excluding hydrogens is 404 g/mol. The Bertz CT molecular complexity index is 856. The maximum Gasteiger partial charge on any atom is 0.417 e. The van der Waals surface area contributed by atoms with Gasteiger partial charge in [-0.2, -0.15) is 18.3 Å². The van der Waals surface area contributed by atoms with Crippen LogP contribution in [0.3, 0.4) is 0 Å². The lowest BCUT2D eigenvalue weighted by atomic mass is 10.1. The molecule has 0 aliphatic carbocycles. The van der Waals surface area contributed by atoms with Crippen LogP contribution in [0.5, 0.6) is 0 Å². The zero-order valence-electron chi connectivity index (χ0n) is 12.0. The highest BCUT2D eigenvalue weighted by atomic mass is 35.5. The average Bonchev–Trinajstić information content (AvgIpc) is 2.55. The summed E-state index contributed by atoms with van der Waals surface area (Å²) in [6, 6.07) is 4.72. The maximum atomic E-state index is 12.9. The number of nitrogens with two attached hydrogens (primary N) is 1. The monoisotopic (exact) mass is 410 g/mol. The summed E-state index contributed by atoms with van der Waals surface area (Å²) in [4.78, 5) is 15.7. The van der Waals surface area contributed by atoms with Crippen LogP contribution in [0, 0.1) is 0 Å². The van der Waals surface area contributed by atoms with Crippen molar-refractivity contribution in [2.75, 3.05) is 5.73 Å². The number of carbonyl (C=O) groups is 1. The Labute approximate surface area is 154 Å². The van der Waals surface area contributed by atoms with Crippen molar-refractivity contribution in [2.45, 2.75) is 6.18 Å². The zero-order chi connectivity index (χ0) is 18.8. The van der Waals surface area contributed by atoms with Crippen molar-refractivity contribution in [3.63, 3.8) is 0 Å². The normalized spacial score (nSPS) is 11.8. The lowest BCUT2D eigenvalue weighted by Gasteiger charge is -2.09. The molecule has 0 saturated heterocycles. The molecule has 1 aromatic carbocycles.